The largest absolute Gasteiger partial charge is 0.340 e. The van der Waals surface area contributed by atoms with Crippen LogP contribution in [-0.4, -0.2) is 19.9 Å². The van der Waals surface area contributed by atoms with E-state index in [4.69, 9.17) is 0 Å². The Labute approximate surface area is 67.0 Å². The van der Waals surface area contributed by atoms with Crippen LogP contribution in [0.3, 0.4) is 0 Å². The fourth-order valence-corrected chi connectivity index (χ4v) is 0.990. The van der Waals surface area contributed by atoms with Gasteiger partial charge in [-0.1, -0.05) is 0 Å². The number of nitroso groups, excluding NO2 is 1. The minimum Gasteiger partial charge on any atom is -0.340 e. The minimum absolute atomic E-state index is 0.106. The Hall–Kier alpha value is -1.85. The summed E-state index contributed by atoms with van der Waals surface area (Å²) in [5, 5.41) is 2.76. The van der Waals surface area contributed by atoms with Crippen LogP contribution in [0.2, 0.25) is 0 Å². The number of fused-ring (bicyclic) bond motifs is 1. The van der Waals surface area contributed by atoms with Crippen LogP contribution in [0.1, 0.15) is 5.82 Å². The van der Waals surface area contributed by atoms with Crippen molar-refractivity contribution in [2.75, 3.05) is 0 Å². The molecule has 0 radical (unpaired) electrons. The first-order valence-corrected chi connectivity index (χ1v) is 3.32. The van der Waals surface area contributed by atoms with Crippen LogP contribution < -0.4 is 0 Å². The van der Waals surface area contributed by atoms with Gasteiger partial charge >= 0.3 is 0 Å². The van der Waals surface area contributed by atoms with Crippen LogP contribution in [-0.2, 0) is 0 Å². The van der Waals surface area contributed by atoms with Crippen LogP contribution in [0, 0.1) is 11.8 Å². The van der Waals surface area contributed by atoms with Gasteiger partial charge in [0.2, 0.25) is 5.82 Å². The molecule has 0 aliphatic heterocycles. The van der Waals surface area contributed by atoms with Gasteiger partial charge in [-0.3, -0.25) is 0 Å². The first-order chi connectivity index (χ1) is 5.81. The van der Waals surface area contributed by atoms with Gasteiger partial charge < -0.3 is 4.98 Å². The molecule has 1 N–H and O–H groups in total. The highest BCUT2D eigenvalue weighted by atomic mass is 16.3. The number of nitrogens with zero attached hydrogens (tertiary/aromatic N) is 4. The topological polar surface area (TPSA) is 83.9 Å². The normalized spacial score (nSPS) is 10.4. The molecule has 0 saturated heterocycles. The number of rotatable bonds is 1. The Morgan fingerprint density at radius 2 is 2.33 bits per heavy atom. The molecule has 0 fully saturated rings. The molecule has 12 heavy (non-hydrogen) atoms. The molecule has 0 saturated carbocycles. The molecule has 0 spiro atoms. The summed E-state index contributed by atoms with van der Waals surface area (Å²) in [4.78, 5) is 24.7. The molecule has 0 amide bonds. The van der Waals surface area contributed by atoms with E-state index in [-0.39, 0.29) is 5.82 Å². The van der Waals surface area contributed by atoms with Crippen molar-refractivity contribution in [2.24, 2.45) is 5.18 Å². The Morgan fingerprint density at radius 1 is 1.50 bits per heavy atom. The van der Waals surface area contributed by atoms with Gasteiger partial charge in [-0.25, -0.2) is 15.0 Å². The molecular weight excluding hydrogens is 158 g/mol. The lowest BCUT2D eigenvalue weighted by atomic mass is 10.5. The molecule has 0 aromatic carbocycles. The third-order valence-corrected chi connectivity index (χ3v) is 1.46. The van der Waals surface area contributed by atoms with Crippen molar-refractivity contribution in [3.05, 3.63) is 17.1 Å². The fraction of sp³-hybridized carbons (Fsp3) is 0.167. The molecule has 6 nitrogen and oxygen atoms in total. The number of hydrogen-bond donors (Lipinski definition) is 1. The first kappa shape index (κ1) is 6.84. The second-order valence-electron chi connectivity index (χ2n) is 2.29. The highest BCUT2D eigenvalue weighted by Crippen LogP contribution is 2.18. The summed E-state index contributed by atoms with van der Waals surface area (Å²) >= 11 is 0. The van der Waals surface area contributed by atoms with Crippen molar-refractivity contribution >= 4 is 17.0 Å². The number of nitrogens with one attached hydrogen (secondary N) is 1. The standard InChI is InChI=1S/C6H5N5O/c1-3-9-5-4(7-2-8-5)6(10-3)11-12/h2H,1H3,(H,7,8,9,10). The van der Waals surface area contributed by atoms with E-state index < -0.39 is 0 Å². The summed E-state index contributed by atoms with van der Waals surface area (Å²) in [6.07, 6.45) is 1.45. The summed E-state index contributed by atoms with van der Waals surface area (Å²) in [5.41, 5.74) is 0.952. The zero-order valence-corrected chi connectivity index (χ0v) is 6.27. The molecule has 0 unspecified atom stereocenters. The SMILES string of the molecule is Cc1nc(N=O)c2[nH]cnc2n1. The lowest BCUT2D eigenvalue weighted by molar-refractivity contribution is 1.07. The molecule has 60 valence electrons. The maximum atomic E-state index is 10.3. The maximum Gasteiger partial charge on any atom is 0.225 e. The second-order valence-corrected chi connectivity index (χ2v) is 2.29. The molecule has 0 atom stereocenters. The summed E-state index contributed by atoms with van der Waals surface area (Å²) in [6, 6.07) is 0. The van der Waals surface area contributed by atoms with E-state index in [9.17, 15) is 4.91 Å². The van der Waals surface area contributed by atoms with E-state index >= 15 is 0 Å². The van der Waals surface area contributed by atoms with Crippen molar-refractivity contribution in [1.82, 2.24) is 19.9 Å². The molecule has 2 aromatic rings. The molecular formula is C6H5N5O. The lowest BCUT2D eigenvalue weighted by Crippen LogP contribution is -1.88. The van der Waals surface area contributed by atoms with E-state index in [0.717, 1.165) is 0 Å². The van der Waals surface area contributed by atoms with Crippen LogP contribution in [0.15, 0.2) is 11.5 Å². The van der Waals surface area contributed by atoms with Crippen molar-refractivity contribution in [1.29, 1.82) is 0 Å². The van der Waals surface area contributed by atoms with Crippen molar-refractivity contribution in [3.63, 3.8) is 0 Å². The fourth-order valence-electron chi connectivity index (χ4n) is 0.990. The quantitative estimate of drug-likeness (QED) is 0.637. The van der Waals surface area contributed by atoms with Gasteiger partial charge in [0.1, 0.15) is 11.3 Å². The van der Waals surface area contributed by atoms with E-state index in [0.29, 0.717) is 17.0 Å². The predicted octanol–water partition coefficient (Wildman–Crippen LogP) is 1.06. The van der Waals surface area contributed by atoms with E-state index in [1.807, 2.05) is 0 Å². The van der Waals surface area contributed by atoms with Gasteiger partial charge in [0, 0.05) is 0 Å². The average Bonchev–Trinajstić information content (AvgIpc) is 2.50. The zero-order valence-electron chi connectivity index (χ0n) is 6.27. The van der Waals surface area contributed by atoms with E-state index in [1.54, 1.807) is 6.92 Å². The number of aromatic nitrogens is 4. The first-order valence-electron chi connectivity index (χ1n) is 3.32. The van der Waals surface area contributed by atoms with Gasteiger partial charge in [0.15, 0.2) is 5.65 Å². The highest BCUT2D eigenvalue weighted by molar-refractivity contribution is 5.80. The smallest absolute Gasteiger partial charge is 0.225 e. The predicted molar refractivity (Wildman–Crippen MR) is 41.9 cm³/mol. The Bertz CT molecular complexity index is 434. The molecule has 6 heteroatoms. The Morgan fingerprint density at radius 3 is 3.08 bits per heavy atom. The van der Waals surface area contributed by atoms with Crippen molar-refractivity contribution in [2.45, 2.75) is 6.92 Å². The van der Waals surface area contributed by atoms with Crippen LogP contribution in [0.25, 0.3) is 11.2 Å². The summed E-state index contributed by atoms with van der Waals surface area (Å²) < 4.78 is 0. The number of aromatic amines is 1. The number of aryl methyl sites for hydroxylation is 1. The molecule has 2 heterocycles. The van der Waals surface area contributed by atoms with Crippen molar-refractivity contribution in [3.8, 4) is 0 Å². The van der Waals surface area contributed by atoms with Gasteiger partial charge in [-0.2, -0.15) is 0 Å². The third kappa shape index (κ3) is 0.849. The van der Waals surface area contributed by atoms with E-state index in [1.165, 1.54) is 6.33 Å². The van der Waals surface area contributed by atoms with Gasteiger partial charge in [0.05, 0.1) is 6.33 Å². The average molecular weight is 163 g/mol. The van der Waals surface area contributed by atoms with Gasteiger partial charge in [-0.15, -0.1) is 4.91 Å². The number of H-pyrrole nitrogens is 1. The monoisotopic (exact) mass is 163 g/mol. The maximum absolute atomic E-state index is 10.3. The van der Waals surface area contributed by atoms with Crippen LogP contribution in [0.5, 0.6) is 0 Å². The number of imidazole rings is 1. The third-order valence-electron chi connectivity index (χ3n) is 1.46. The molecule has 2 rings (SSSR count). The van der Waals surface area contributed by atoms with Crippen LogP contribution in [0.4, 0.5) is 5.82 Å². The molecule has 0 aliphatic carbocycles. The molecule has 0 aliphatic rings. The lowest BCUT2D eigenvalue weighted by Gasteiger charge is -1.92. The summed E-state index contributed by atoms with van der Waals surface area (Å²) in [7, 11) is 0. The highest BCUT2D eigenvalue weighted by Gasteiger charge is 2.06. The number of hydrogen-bond acceptors (Lipinski definition) is 5. The second kappa shape index (κ2) is 2.33. The molecule has 0 bridgehead atoms. The zero-order chi connectivity index (χ0) is 8.55. The van der Waals surface area contributed by atoms with Gasteiger partial charge in [-0.05, 0) is 12.1 Å². The Kier molecular flexibility index (Phi) is 1.33. The summed E-state index contributed by atoms with van der Waals surface area (Å²) in [5.74, 6) is 0.596. The summed E-state index contributed by atoms with van der Waals surface area (Å²) in [6.45, 7) is 1.68. The molecule has 2 aromatic heterocycles. The minimum atomic E-state index is 0.106. The van der Waals surface area contributed by atoms with Crippen molar-refractivity contribution < 1.29 is 0 Å². The van der Waals surface area contributed by atoms with E-state index in [2.05, 4.69) is 25.1 Å². The van der Waals surface area contributed by atoms with Gasteiger partial charge in [0.25, 0.3) is 0 Å². The Balaban J connectivity index is 2.88. The van der Waals surface area contributed by atoms with Crippen LogP contribution >= 0.6 is 0 Å².